The van der Waals surface area contributed by atoms with Gasteiger partial charge >= 0.3 is 5.97 Å². The van der Waals surface area contributed by atoms with Gasteiger partial charge in [-0.25, -0.2) is 4.79 Å². The third-order valence-corrected chi connectivity index (χ3v) is 3.55. The van der Waals surface area contributed by atoms with E-state index >= 15 is 0 Å². The summed E-state index contributed by atoms with van der Waals surface area (Å²) in [5.74, 6) is 0.244. The van der Waals surface area contributed by atoms with Gasteiger partial charge in [0.1, 0.15) is 5.75 Å². The highest BCUT2D eigenvalue weighted by Crippen LogP contribution is 2.30. The van der Waals surface area contributed by atoms with Crippen LogP contribution >= 0.6 is 15.9 Å². The summed E-state index contributed by atoms with van der Waals surface area (Å²) >= 11 is 3.40. The topological polar surface area (TPSA) is 73.6 Å². The molecule has 0 aliphatic carbocycles. The Morgan fingerprint density at radius 1 is 1.14 bits per heavy atom. The second kappa shape index (κ2) is 6.49. The smallest absolute Gasteiger partial charge is 0.340 e. The molecule has 21 heavy (non-hydrogen) atoms. The lowest BCUT2D eigenvalue weighted by Gasteiger charge is -2.11. The Bertz CT molecular complexity index is 674. The number of anilines is 3. The van der Waals surface area contributed by atoms with Crippen molar-refractivity contribution in [3.05, 3.63) is 46.4 Å². The van der Waals surface area contributed by atoms with E-state index in [9.17, 15) is 4.79 Å². The van der Waals surface area contributed by atoms with Crippen LogP contribution in [0.5, 0.6) is 5.75 Å². The predicted molar refractivity (Wildman–Crippen MR) is 86.2 cm³/mol. The van der Waals surface area contributed by atoms with Crippen molar-refractivity contribution in [2.24, 2.45) is 0 Å². The lowest BCUT2D eigenvalue weighted by atomic mass is 10.1. The average Bonchev–Trinajstić information content (AvgIpc) is 2.50. The summed E-state index contributed by atoms with van der Waals surface area (Å²) in [4.78, 5) is 11.6. The molecule has 110 valence electrons. The van der Waals surface area contributed by atoms with Gasteiger partial charge in [0.25, 0.3) is 0 Å². The zero-order chi connectivity index (χ0) is 15.4. The fourth-order valence-electron chi connectivity index (χ4n) is 1.82. The first-order valence-electron chi connectivity index (χ1n) is 6.13. The van der Waals surface area contributed by atoms with Gasteiger partial charge < -0.3 is 20.5 Å². The summed E-state index contributed by atoms with van der Waals surface area (Å²) in [6.45, 7) is 0. The zero-order valence-corrected chi connectivity index (χ0v) is 13.2. The minimum atomic E-state index is -0.468. The third kappa shape index (κ3) is 3.46. The Morgan fingerprint density at radius 2 is 1.81 bits per heavy atom. The van der Waals surface area contributed by atoms with Crippen molar-refractivity contribution >= 4 is 39.0 Å². The molecular weight excluding hydrogens is 336 g/mol. The van der Waals surface area contributed by atoms with E-state index in [-0.39, 0.29) is 0 Å². The van der Waals surface area contributed by atoms with E-state index in [0.717, 1.165) is 15.8 Å². The standard InChI is InChI=1S/C15H15BrN2O3/c1-20-14-8-10(3-5-12(14)16)18-9-4-6-13(17)11(7-9)15(19)21-2/h3-8,18H,17H2,1-2H3. The number of hydrogen-bond acceptors (Lipinski definition) is 5. The van der Waals surface area contributed by atoms with Crippen molar-refractivity contribution in [1.29, 1.82) is 0 Å². The van der Waals surface area contributed by atoms with Crippen LogP contribution in [0.2, 0.25) is 0 Å². The number of ether oxygens (including phenoxy) is 2. The predicted octanol–water partition coefficient (Wildman–Crippen LogP) is 3.57. The fourth-order valence-corrected chi connectivity index (χ4v) is 2.23. The van der Waals surface area contributed by atoms with Crippen LogP contribution in [-0.2, 0) is 4.74 Å². The molecule has 0 aromatic heterocycles. The van der Waals surface area contributed by atoms with Crippen LogP contribution in [0.15, 0.2) is 40.9 Å². The van der Waals surface area contributed by atoms with Gasteiger partial charge in [-0.15, -0.1) is 0 Å². The first-order valence-corrected chi connectivity index (χ1v) is 6.93. The summed E-state index contributed by atoms with van der Waals surface area (Å²) < 4.78 is 10.8. The molecule has 0 radical (unpaired) electrons. The van der Waals surface area contributed by atoms with Crippen LogP contribution < -0.4 is 15.8 Å². The largest absolute Gasteiger partial charge is 0.495 e. The second-order valence-corrected chi connectivity index (χ2v) is 5.12. The van der Waals surface area contributed by atoms with Gasteiger partial charge in [-0.1, -0.05) is 0 Å². The molecule has 0 amide bonds. The van der Waals surface area contributed by atoms with Gasteiger partial charge in [0.2, 0.25) is 0 Å². The number of nitrogen functional groups attached to an aromatic ring is 1. The van der Waals surface area contributed by atoms with Gasteiger partial charge in [0, 0.05) is 23.1 Å². The number of carbonyl (C=O) groups is 1. The highest BCUT2D eigenvalue weighted by Gasteiger charge is 2.11. The number of nitrogens with two attached hydrogens (primary N) is 1. The maximum atomic E-state index is 11.6. The maximum Gasteiger partial charge on any atom is 0.340 e. The molecular formula is C15H15BrN2O3. The summed E-state index contributed by atoms with van der Waals surface area (Å²) in [6, 6.07) is 10.7. The Labute approximate surface area is 131 Å². The Balaban J connectivity index is 2.29. The molecule has 3 N–H and O–H groups in total. The van der Waals surface area contributed by atoms with Crippen LogP contribution in [0, 0.1) is 0 Å². The molecule has 5 nitrogen and oxygen atoms in total. The lowest BCUT2D eigenvalue weighted by molar-refractivity contribution is 0.0602. The second-order valence-electron chi connectivity index (χ2n) is 4.27. The number of halogens is 1. The van der Waals surface area contributed by atoms with Crippen LogP contribution in [-0.4, -0.2) is 20.2 Å². The van der Waals surface area contributed by atoms with Gasteiger partial charge in [0.05, 0.1) is 24.3 Å². The van der Waals surface area contributed by atoms with Gasteiger partial charge in [-0.05, 0) is 46.3 Å². The maximum absolute atomic E-state index is 11.6. The monoisotopic (exact) mass is 350 g/mol. The number of hydrogen-bond donors (Lipinski definition) is 2. The minimum Gasteiger partial charge on any atom is -0.495 e. The van der Waals surface area contributed by atoms with Gasteiger partial charge in [-0.3, -0.25) is 0 Å². The van der Waals surface area contributed by atoms with Crippen molar-refractivity contribution in [3.63, 3.8) is 0 Å². The van der Waals surface area contributed by atoms with E-state index in [2.05, 4.69) is 21.2 Å². The SMILES string of the molecule is COC(=O)c1cc(Nc2ccc(Br)c(OC)c2)ccc1N. The van der Waals surface area contributed by atoms with Crippen molar-refractivity contribution in [2.45, 2.75) is 0 Å². The quantitative estimate of drug-likeness (QED) is 0.651. The first kappa shape index (κ1) is 15.2. The van der Waals surface area contributed by atoms with E-state index in [1.54, 1.807) is 25.3 Å². The number of esters is 1. The molecule has 2 aromatic rings. The van der Waals surface area contributed by atoms with Gasteiger partial charge in [-0.2, -0.15) is 0 Å². The zero-order valence-electron chi connectivity index (χ0n) is 11.6. The number of methoxy groups -OCH3 is 2. The van der Waals surface area contributed by atoms with E-state index in [0.29, 0.717) is 17.0 Å². The molecule has 2 aromatic carbocycles. The molecule has 2 rings (SSSR count). The third-order valence-electron chi connectivity index (χ3n) is 2.90. The van der Waals surface area contributed by atoms with Gasteiger partial charge in [0.15, 0.2) is 0 Å². The summed E-state index contributed by atoms with van der Waals surface area (Å²) in [7, 11) is 2.92. The summed E-state index contributed by atoms with van der Waals surface area (Å²) in [6.07, 6.45) is 0. The first-order chi connectivity index (χ1) is 10.0. The van der Waals surface area contributed by atoms with Crippen LogP contribution in [0.25, 0.3) is 0 Å². The van der Waals surface area contributed by atoms with Crippen molar-refractivity contribution < 1.29 is 14.3 Å². The molecule has 6 heteroatoms. The molecule has 0 saturated carbocycles. The molecule has 0 saturated heterocycles. The highest BCUT2D eigenvalue weighted by atomic mass is 79.9. The number of rotatable bonds is 4. The molecule has 0 fully saturated rings. The molecule has 0 heterocycles. The van der Waals surface area contributed by atoms with E-state index < -0.39 is 5.97 Å². The van der Waals surface area contributed by atoms with Crippen molar-refractivity contribution in [2.75, 3.05) is 25.3 Å². The van der Waals surface area contributed by atoms with E-state index in [4.69, 9.17) is 15.2 Å². The van der Waals surface area contributed by atoms with Crippen molar-refractivity contribution in [1.82, 2.24) is 0 Å². The molecule has 0 unspecified atom stereocenters. The molecule has 0 spiro atoms. The van der Waals surface area contributed by atoms with E-state index in [1.165, 1.54) is 7.11 Å². The van der Waals surface area contributed by atoms with E-state index in [1.807, 2.05) is 18.2 Å². The summed E-state index contributed by atoms with van der Waals surface area (Å²) in [5.41, 5.74) is 8.03. The average molecular weight is 351 g/mol. The molecule has 0 aliphatic rings. The number of nitrogens with one attached hydrogen (secondary N) is 1. The summed E-state index contributed by atoms with van der Waals surface area (Å²) in [5, 5.41) is 3.19. The molecule has 0 atom stereocenters. The lowest BCUT2D eigenvalue weighted by Crippen LogP contribution is -2.06. The Kier molecular flexibility index (Phi) is 4.70. The molecule has 0 bridgehead atoms. The highest BCUT2D eigenvalue weighted by molar-refractivity contribution is 9.10. The number of benzene rings is 2. The Hall–Kier alpha value is -2.21. The van der Waals surface area contributed by atoms with Crippen LogP contribution in [0.1, 0.15) is 10.4 Å². The molecule has 0 aliphatic heterocycles. The fraction of sp³-hybridized carbons (Fsp3) is 0.133. The van der Waals surface area contributed by atoms with Crippen molar-refractivity contribution in [3.8, 4) is 5.75 Å². The van der Waals surface area contributed by atoms with Crippen LogP contribution in [0.4, 0.5) is 17.1 Å². The minimum absolute atomic E-state index is 0.326. The number of carbonyl (C=O) groups excluding carboxylic acids is 1. The van der Waals surface area contributed by atoms with Crippen LogP contribution in [0.3, 0.4) is 0 Å². The Morgan fingerprint density at radius 3 is 2.48 bits per heavy atom. The normalized spacial score (nSPS) is 10.0.